The Balaban J connectivity index is 1.76. The molecule has 1 aromatic heterocycles. The number of aryl methyl sites for hydroxylation is 1. The predicted octanol–water partition coefficient (Wildman–Crippen LogP) is 5.39. The summed E-state index contributed by atoms with van der Waals surface area (Å²) in [6, 6.07) is 15.7. The molecule has 1 heterocycles. The molecule has 0 unspecified atom stereocenters. The second-order valence-corrected chi connectivity index (χ2v) is 6.73. The molecular formula is C18H15BrN2OS. The normalized spacial score (nSPS) is 10.5. The first-order valence-electron chi connectivity index (χ1n) is 7.28. The van der Waals surface area contributed by atoms with Gasteiger partial charge in [-0.15, -0.1) is 11.3 Å². The summed E-state index contributed by atoms with van der Waals surface area (Å²) in [7, 11) is 0. The third-order valence-electron chi connectivity index (χ3n) is 3.50. The van der Waals surface area contributed by atoms with Gasteiger partial charge in [0.2, 0.25) is 0 Å². The number of nitrogens with zero attached hydrogens (tertiary/aromatic N) is 1. The molecule has 1 amide bonds. The zero-order valence-corrected chi connectivity index (χ0v) is 14.9. The Labute approximate surface area is 147 Å². The number of anilines is 1. The number of aromatic nitrogens is 1. The zero-order chi connectivity index (χ0) is 16.2. The van der Waals surface area contributed by atoms with Gasteiger partial charge in [-0.2, -0.15) is 0 Å². The molecule has 3 aromatic rings. The van der Waals surface area contributed by atoms with Gasteiger partial charge < -0.3 is 0 Å². The lowest BCUT2D eigenvalue weighted by Gasteiger charge is -2.03. The molecule has 0 radical (unpaired) electrons. The SMILES string of the molecule is CCc1ccc(-c2csc(NC(=O)c3ccccc3Br)n2)cc1. The monoisotopic (exact) mass is 386 g/mol. The lowest BCUT2D eigenvalue weighted by atomic mass is 10.1. The van der Waals surface area contributed by atoms with Crippen molar-refractivity contribution >= 4 is 38.3 Å². The highest BCUT2D eigenvalue weighted by Gasteiger charge is 2.12. The van der Waals surface area contributed by atoms with Crippen molar-refractivity contribution in [3.8, 4) is 11.3 Å². The van der Waals surface area contributed by atoms with E-state index in [2.05, 4.69) is 57.4 Å². The Morgan fingerprint density at radius 1 is 1.17 bits per heavy atom. The van der Waals surface area contributed by atoms with E-state index in [1.54, 1.807) is 6.07 Å². The molecule has 0 aliphatic carbocycles. The van der Waals surface area contributed by atoms with Gasteiger partial charge in [-0.05, 0) is 40.0 Å². The molecule has 23 heavy (non-hydrogen) atoms. The zero-order valence-electron chi connectivity index (χ0n) is 12.5. The van der Waals surface area contributed by atoms with Crippen molar-refractivity contribution in [2.75, 3.05) is 5.32 Å². The minimum absolute atomic E-state index is 0.167. The van der Waals surface area contributed by atoms with Gasteiger partial charge >= 0.3 is 0 Å². The smallest absolute Gasteiger partial charge is 0.258 e. The van der Waals surface area contributed by atoms with Crippen LogP contribution in [0.1, 0.15) is 22.8 Å². The maximum Gasteiger partial charge on any atom is 0.258 e. The van der Waals surface area contributed by atoms with Gasteiger partial charge in [-0.3, -0.25) is 10.1 Å². The van der Waals surface area contributed by atoms with Crippen LogP contribution in [-0.4, -0.2) is 10.9 Å². The van der Waals surface area contributed by atoms with Crippen LogP contribution < -0.4 is 5.32 Å². The van der Waals surface area contributed by atoms with E-state index in [1.807, 2.05) is 23.6 Å². The summed E-state index contributed by atoms with van der Waals surface area (Å²) < 4.78 is 0.768. The first kappa shape index (κ1) is 15.9. The second-order valence-electron chi connectivity index (χ2n) is 5.02. The van der Waals surface area contributed by atoms with Crippen LogP contribution in [0.25, 0.3) is 11.3 Å². The van der Waals surface area contributed by atoms with Crippen LogP contribution in [0.4, 0.5) is 5.13 Å². The topological polar surface area (TPSA) is 42.0 Å². The number of benzene rings is 2. The van der Waals surface area contributed by atoms with Crippen molar-refractivity contribution < 1.29 is 4.79 Å². The molecule has 5 heteroatoms. The second kappa shape index (κ2) is 7.06. The third kappa shape index (κ3) is 3.68. The lowest BCUT2D eigenvalue weighted by Crippen LogP contribution is -2.12. The standard InChI is InChI=1S/C18H15BrN2OS/c1-2-12-7-9-13(10-8-12)16-11-23-18(20-16)21-17(22)14-5-3-4-6-15(14)19/h3-11H,2H2,1H3,(H,20,21,22). The van der Waals surface area contributed by atoms with Crippen LogP contribution in [0.3, 0.4) is 0 Å². The molecule has 0 fully saturated rings. The molecule has 0 bridgehead atoms. The number of rotatable bonds is 4. The number of hydrogen-bond acceptors (Lipinski definition) is 3. The fourth-order valence-corrected chi connectivity index (χ4v) is 3.36. The van der Waals surface area contributed by atoms with Crippen LogP contribution in [0.2, 0.25) is 0 Å². The van der Waals surface area contributed by atoms with Gasteiger partial charge in [0.25, 0.3) is 5.91 Å². The highest BCUT2D eigenvalue weighted by atomic mass is 79.9. The molecule has 0 atom stereocenters. The Morgan fingerprint density at radius 3 is 2.61 bits per heavy atom. The number of halogens is 1. The van der Waals surface area contributed by atoms with Gasteiger partial charge in [-0.1, -0.05) is 43.3 Å². The molecule has 1 N–H and O–H groups in total. The van der Waals surface area contributed by atoms with Crippen molar-refractivity contribution in [2.24, 2.45) is 0 Å². The van der Waals surface area contributed by atoms with Crippen molar-refractivity contribution in [2.45, 2.75) is 13.3 Å². The summed E-state index contributed by atoms with van der Waals surface area (Å²) in [4.78, 5) is 16.8. The van der Waals surface area contributed by atoms with Crippen molar-refractivity contribution in [1.82, 2.24) is 4.98 Å². The molecule has 116 valence electrons. The van der Waals surface area contributed by atoms with Crippen LogP contribution in [0.15, 0.2) is 58.4 Å². The summed E-state index contributed by atoms with van der Waals surface area (Å²) in [6.07, 6.45) is 1.02. The number of thiazole rings is 1. The Morgan fingerprint density at radius 2 is 1.91 bits per heavy atom. The van der Waals surface area contributed by atoms with Crippen LogP contribution >= 0.6 is 27.3 Å². The van der Waals surface area contributed by atoms with E-state index in [0.717, 1.165) is 22.2 Å². The summed E-state index contributed by atoms with van der Waals surface area (Å²) in [6.45, 7) is 2.13. The first-order chi connectivity index (χ1) is 11.2. The minimum atomic E-state index is -0.167. The number of hydrogen-bond donors (Lipinski definition) is 1. The maximum atomic E-state index is 12.3. The van der Waals surface area contributed by atoms with E-state index >= 15 is 0 Å². The van der Waals surface area contributed by atoms with E-state index in [0.29, 0.717) is 10.7 Å². The van der Waals surface area contributed by atoms with E-state index in [4.69, 9.17) is 0 Å². The molecule has 2 aromatic carbocycles. The fraction of sp³-hybridized carbons (Fsp3) is 0.111. The van der Waals surface area contributed by atoms with Gasteiger partial charge in [0, 0.05) is 15.4 Å². The molecule has 0 aliphatic heterocycles. The van der Waals surface area contributed by atoms with Gasteiger partial charge in [-0.25, -0.2) is 4.98 Å². The number of carbonyl (C=O) groups excluding carboxylic acids is 1. The van der Waals surface area contributed by atoms with Crippen molar-refractivity contribution in [1.29, 1.82) is 0 Å². The van der Waals surface area contributed by atoms with Gasteiger partial charge in [0.1, 0.15) is 0 Å². The minimum Gasteiger partial charge on any atom is -0.298 e. The highest BCUT2D eigenvalue weighted by Crippen LogP contribution is 2.26. The molecule has 3 rings (SSSR count). The maximum absolute atomic E-state index is 12.3. The molecule has 0 aliphatic rings. The number of amides is 1. The average molecular weight is 387 g/mol. The van der Waals surface area contributed by atoms with Crippen LogP contribution in [-0.2, 0) is 6.42 Å². The van der Waals surface area contributed by atoms with Crippen LogP contribution in [0, 0.1) is 0 Å². The largest absolute Gasteiger partial charge is 0.298 e. The molecule has 0 saturated carbocycles. The number of carbonyl (C=O) groups is 1. The van der Waals surface area contributed by atoms with Crippen molar-refractivity contribution in [3.63, 3.8) is 0 Å². The van der Waals surface area contributed by atoms with E-state index < -0.39 is 0 Å². The summed E-state index contributed by atoms with van der Waals surface area (Å²) >= 11 is 4.81. The average Bonchev–Trinajstić information content (AvgIpc) is 3.03. The summed E-state index contributed by atoms with van der Waals surface area (Å²) in [5.41, 5.74) is 3.82. The van der Waals surface area contributed by atoms with Crippen LogP contribution in [0.5, 0.6) is 0 Å². The molecule has 3 nitrogen and oxygen atoms in total. The molecule has 0 spiro atoms. The van der Waals surface area contributed by atoms with Crippen molar-refractivity contribution in [3.05, 3.63) is 69.5 Å². The Bertz CT molecular complexity index is 827. The quantitative estimate of drug-likeness (QED) is 0.653. The predicted molar refractivity (Wildman–Crippen MR) is 99.0 cm³/mol. The highest BCUT2D eigenvalue weighted by molar-refractivity contribution is 9.10. The first-order valence-corrected chi connectivity index (χ1v) is 8.95. The molecular weight excluding hydrogens is 372 g/mol. The fourth-order valence-electron chi connectivity index (χ4n) is 2.18. The Kier molecular flexibility index (Phi) is 4.88. The lowest BCUT2D eigenvalue weighted by molar-refractivity contribution is 0.102. The van der Waals surface area contributed by atoms with E-state index in [-0.39, 0.29) is 5.91 Å². The molecule has 0 saturated heterocycles. The Hall–Kier alpha value is -1.98. The number of nitrogens with one attached hydrogen (secondary N) is 1. The van der Waals surface area contributed by atoms with Gasteiger partial charge in [0.05, 0.1) is 11.3 Å². The third-order valence-corrected chi connectivity index (χ3v) is 4.95. The summed E-state index contributed by atoms with van der Waals surface area (Å²) in [5.74, 6) is -0.167. The van der Waals surface area contributed by atoms with Gasteiger partial charge in [0.15, 0.2) is 5.13 Å². The summed E-state index contributed by atoms with van der Waals surface area (Å²) in [5, 5.41) is 5.40. The van der Waals surface area contributed by atoms with E-state index in [1.165, 1.54) is 16.9 Å². The van der Waals surface area contributed by atoms with E-state index in [9.17, 15) is 4.79 Å².